The van der Waals surface area contributed by atoms with E-state index in [1.54, 1.807) is 4.68 Å². The molecule has 0 fully saturated rings. The molecule has 1 aromatic carbocycles. The number of guanidine groups is 1. The topological polar surface area (TPSA) is 74.5 Å². The molecule has 0 saturated heterocycles. The summed E-state index contributed by atoms with van der Waals surface area (Å²) < 4.78 is 1.81. The summed E-state index contributed by atoms with van der Waals surface area (Å²) in [6.07, 6.45) is 4.91. The van der Waals surface area contributed by atoms with Gasteiger partial charge < -0.3 is 15.7 Å². The summed E-state index contributed by atoms with van der Waals surface area (Å²) >= 11 is 0. The fourth-order valence-electron chi connectivity index (χ4n) is 2.41. The molecule has 0 aliphatic heterocycles. The molecule has 138 valence electrons. The van der Waals surface area contributed by atoms with Crippen LogP contribution in [-0.4, -0.2) is 40.5 Å². The lowest BCUT2D eigenvalue weighted by Crippen LogP contribution is -2.38. The number of hydrogen-bond acceptors (Lipinski definition) is 3. The predicted molar refractivity (Wildman–Crippen MR) is 112 cm³/mol. The maximum Gasteiger partial charge on any atom is 0.191 e. The first-order chi connectivity index (χ1) is 11.7. The number of aryl methyl sites for hydroxylation is 1. The molecule has 0 aliphatic carbocycles. The minimum Gasteiger partial charge on any atom is -0.388 e. The summed E-state index contributed by atoms with van der Waals surface area (Å²) in [5, 5.41) is 20.9. The Balaban J connectivity index is 0.00000312. The number of aliphatic hydroxyl groups is 1. The molecule has 0 saturated carbocycles. The van der Waals surface area contributed by atoms with E-state index < -0.39 is 6.10 Å². The Hall–Kier alpha value is -1.61. The summed E-state index contributed by atoms with van der Waals surface area (Å²) in [6.45, 7) is 4.20. The van der Waals surface area contributed by atoms with Crippen LogP contribution in [-0.2, 0) is 13.5 Å². The van der Waals surface area contributed by atoms with Crippen LogP contribution in [0, 0.1) is 0 Å². The highest BCUT2D eigenvalue weighted by Gasteiger charge is 2.06. The summed E-state index contributed by atoms with van der Waals surface area (Å²) in [4.78, 5) is 4.53. The first-order valence-electron chi connectivity index (χ1n) is 8.41. The van der Waals surface area contributed by atoms with Crippen LogP contribution in [0.4, 0.5) is 0 Å². The zero-order valence-electron chi connectivity index (χ0n) is 14.9. The maximum atomic E-state index is 10.2. The highest BCUT2D eigenvalue weighted by atomic mass is 127. The van der Waals surface area contributed by atoms with E-state index in [1.807, 2.05) is 56.7 Å². The third kappa shape index (κ3) is 7.87. The molecule has 3 N–H and O–H groups in total. The van der Waals surface area contributed by atoms with E-state index in [0.29, 0.717) is 13.0 Å². The Morgan fingerprint density at radius 1 is 1.28 bits per heavy atom. The number of aliphatic imine (C=N–C) groups is 1. The molecule has 7 heteroatoms. The van der Waals surface area contributed by atoms with Gasteiger partial charge in [-0.3, -0.25) is 9.67 Å². The van der Waals surface area contributed by atoms with E-state index in [-0.39, 0.29) is 24.0 Å². The monoisotopic (exact) mass is 457 g/mol. The molecule has 0 spiro atoms. The zero-order chi connectivity index (χ0) is 17.2. The van der Waals surface area contributed by atoms with Crippen LogP contribution in [0.15, 0.2) is 47.7 Å². The van der Waals surface area contributed by atoms with E-state index in [1.165, 1.54) is 5.56 Å². The number of halogens is 1. The second kappa shape index (κ2) is 11.9. The number of nitrogens with zero attached hydrogens (tertiary/aromatic N) is 3. The van der Waals surface area contributed by atoms with Gasteiger partial charge in [0.2, 0.25) is 0 Å². The van der Waals surface area contributed by atoms with Gasteiger partial charge in [0.15, 0.2) is 5.96 Å². The number of hydrogen-bond donors (Lipinski definition) is 3. The quantitative estimate of drug-likeness (QED) is 0.323. The first-order valence-corrected chi connectivity index (χ1v) is 8.41. The summed E-state index contributed by atoms with van der Waals surface area (Å²) in [5.74, 6) is 0.779. The molecule has 6 nitrogen and oxygen atoms in total. The number of aliphatic hydroxyl groups excluding tert-OH is 1. The average molecular weight is 457 g/mol. The van der Waals surface area contributed by atoms with Crippen molar-refractivity contribution in [1.29, 1.82) is 0 Å². The molecule has 1 atom stereocenters. The van der Waals surface area contributed by atoms with Crippen LogP contribution in [0.5, 0.6) is 0 Å². The van der Waals surface area contributed by atoms with Crippen LogP contribution in [0.1, 0.15) is 30.6 Å². The van der Waals surface area contributed by atoms with Crippen molar-refractivity contribution in [3.05, 3.63) is 53.9 Å². The second-order valence-corrected chi connectivity index (χ2v) is 5.67. The Bertz CT molecular complexity index is 629. The van der Waals surface area contributed by atoms with Crippen LogP contribution in [0.3, 0.4) is 0 Å². The van der Waals surface area contributed by atoms with E-state index in [4.69, 9.17) is 0 Å². The number of benzene rings is 1. The first kappa shape index (κ1) is 21.4. The van der Waals surface area contributed by atoms with Crippen LogP contribution in [0.25, 0.3) is 0 Å². The van der Waals surface area contributed by atoms with Crippen molar-refractivity contribution in [3.8, 4) is 0 Å². The van der Waals surface area contributed by atoms with Crippen LogP contribution < -0.4 is 10.6 Å². The van der Waals surface area contributed by atoms with Crippen molar-refractivity contribution in [2.24, 2.45) is 12.0 Å². The molecule has 1 aromatic heterocycles. The van der Waals surface area contributed by atoms with Gasteiger partial charge in [0.1, 0.15) is 0 Å². The van der Waals surface area contributed by atoms with Gasteiger partial charge in [0, 0.05) is 32.9 Å². The molecular weight excluding hydrogens is 429 g/mol. The Kier molecular flexibility index (Phi) is 10.2. The van der Waals surface area contributed by atoms with Crippen molar-refractivity contribution in [3.63, 3.8) is 0 Å². The molecule has 2 rings (SSSR count). The second-order valence-electron chi connectivity index (χ2n) is 5.67. The minimum absolute atomic E-state index is 0. The molecule has 0 radical (unpaired) electrons. The van der Waals surface area contributed by atoms with Gasteiger partial charge in [0.05, 0.1) is 12.3 Å². The van der Waals surface area contributed by atoms with E-state index in [0.717, 1.165) is 31.0 Å². The minimum atomic E-state index is -0.479. The zero-order valence-corrected chi connectivity index (χ0v) is 17.2. The lowest BCUT2D eigenvalue weighted by Gasteiger charge is -2.12. The molecule has 1 heterocycles. The summed E-state index contributed by atoms with van der Waals surface area (Å²) in [5.41, 5.74) is 2.13. The highest BCUT2D eigenvalue weighted by molar-refractivity contribution is 14.0. The van der Waals surface area contributed by atoms with Gasteiger partial charge in [-0.2, -0.15) is 5.10 Å². The Morgan fingerprint density at radius 2 is 2.04 bits per heavy atom. The highest BCUT2D eigenvalue weighted by Crippen LogP contribution is 2.15. The predicted octanol–water partition coefficient (Wildman–Crippen LogP) is 2.26. The Morgan fingerprint density at radius 3 is 2.68 bits per heavy atom. The van der Waals surface area contributed by atoms with Crippen LogP contribution >= 0.6 is 24.0 Å². The summed E-state index contributed by atoms with van der Waals surface area (Å²) in [6, 6.07) is 9.69. The fourth-order valence-corrected chi connectivity index (χ4v) is 2.41. The van der Waals surface area contributed by atoms with Crippen molar-refractivity contribution < 1.29 is 5.11 Å². The molecular formula is C18H28IN5O. The van der Waals surface area contributed by atoms with Gasteiger partial charge in [-0.05, 0) is 30.9 Å². The standard InChI is InChI=1S/C18H27N5O.HI/c1-3-19-18(20-11-9-15-13-22-23(2)14-15)21-12-10-17(24)16-7-5-4-6-8-16;/h4-8,13-14,17,24H,3,9-12H2,1-2H3,(H2,19,20,21);1H. The average Bonchev–Trinajstić information content (AvgIpc) is 3.01. The van der Waals surface area contributed by atoms with Crippen molar-refractivity contribution >= 4 is 29.9 Å². The van der Waals surface area contributed by atoms with E-state index in [9.17, 15) is 5.11 Å². The molecule has 0 bridgehead atoms. The Labute approximate surface area is 166 Å². The van der Waals surface area contributed by atoms with Crippen molar-refractivity contribution in [1.82, 2.24) is 20.4 Å². The molecule has 0 amide bonds. The van der Waals surface area contributed by atoms with Gasteiger partial charge in [-0.15, -0.1) is 24.0 Å². The lowest BCUT2D eigenvalue weighted by molar-refractivity contribution is 0.170. The largest absolute Gasteiger partial charge is 0.388 e. The third-order valence-corrected chi connectivity index (χ3v) is 3.67. The number of nitrogens with one attached hydrogen (secondary N) is 2. The molecule has 2 aromatic rings. The van der Waals surface area contributed by atoms with E-state index >= 15 is 0 Å². The lowest BCUT2D eigenvalue weighted by atomic mass is 10.1. The van der Waals surface area contributed by atoms with Gasteiger partial charge in [-0.25, -0.2) is 0 Å². The SMILES string of the molecule is CCNC(=NCCC(O)c1ccccc1)NCCc1cnn(C)c1.I. The van der Waals surface area contributed by atoms with Crippen molar-refractivity contribution in [2.45, 2.75) is 25.9 Å². The number of aromatic nitrogens is 2. The molecule has 1 unspecified atom stereocenters. The third-order valence-electron chi connectivity index (χ3n) is 3.67. The van der Waals surface area contributed by atoms with E-state index in [2.05, 4.69) is 20.7 Å². The smallest absolute Gasteiger partial charge is 0.191 e. The number of rotatable bonds is 8. The summed E-state index contributed by atoms with van der Waals surface area (Å²) in [7, 11) is 1.92. The fraction of sp³-hybridized carbons (Fsp3) is 0.444. The molecule has 25 heavy (non-hydrogen) atoms. The maximum absolute atomic E-state index is 10.2. The molecule has 0 aliphatic rings. The van der Waals surface area contributed by atoms with Crippen molar-refractivity contribution in [2.75, 3.05) is 19.6 Å². The normalized spacial score (nSPS) is 12.4. The van der Waals surface area contributed by atoms with Crippen LogP contribution in [0.2, 0.25) is 0 Å². The van der Waals surface area contributed by atoms with Gasteiger partial charge >= 0.3 is 0 Å². The van der Waals surface area contributed by atoms with Gasteiger partial charge in [0.25, 0.3) is 0 Å². The van der Waals surface area contributed by atoms with Gasteiger partial charge in [-0.1, -0.05) is 30.3 Å².